The lowest BCUT2D eigenvalue weighted by Crippen LogP contribution is -1.99. The standard InChI is InChI=1S/C7H7N7O/c1-13-3-4-5(9-13)7(15-2)10-14-6(4)8-11-12-14/h3H,1-2H3. The van der Waals surface area contributed by atoms with E-state index in [-0.39, 0.29) is 0 Å². The molecule has 0 unspecified atom stereocenters. The molecule has 8 nitrogen and oxygen atoms in total. The van der Waals surface area contributed by atoms with Crippen LogP contribution in [0.25, 0.3) is 16.6 Å². The van der Waals surface area contributed by atoms with Crippen LogP contribution < -0.4 is 4.74 Å². The second kappa shape index (κ2) is 2.62. The SMILES string of the molecule is COc1nn2nnnc2c2cn(C)nc12. The number of ether oxygens (including phenoxy) is 1. The van der Waals surface area contributed by atoms with Crippen molar-refractivity contribution in [2.24, 2.45) is 7.05 Å². The number of aryl methyl sites for hydroxylation is 1. The lowest BCUT2D eigenvalue weighted by atomic mass is 10.3. The van der Waals surface area contributed by atoms with Gasteiger partial charge in [-0.2, -0.15) is 5.10 Å². The number of methoxy groups -OCH3 is 1. The van der Waals surface area contributed by atoms with E-state index < -0.39 is 0 Å². The summed E-state index contributed by atoms with van der Waals surface area (Å²) in [6.45, 7) is 0. The Balaban J connectivity index is 2.57. The molecular formula is C7H7N7O. The first kappa shape index (κ1) is 8.09. The van der Waals surface area contributed by atoms with Gasteiger partial charge in [0.15, 0.2) is 5.52 Å². The molecule has 76 valence electrons. The van der Waals surface area contributed by atoms with Gasteiger partial charge in [-0.05, 0) is 10.4 Å². The summed E-state index contributed by atoms with van der Waals surface area (Å²) in [6.07, 6.45) is 1.82. The van der Waals surface area contributed by atoms with E-state index in [1.807, 2.05) is 13.2 Å². The monoisotopic (exact) mass is 205 g/mol. The summed E-state index contributed by atoms with van der Waals surface area (Å²) >= 11 is 0. The molecule has 0 aliphatic rings. The molecule has 0 atom stereocenters. The first-order chi connectivity index (χ1) is 7.29. The van der Waals surface area contributed by atoms with Crippen molar-refractivity contribution < 1.29 is 4.74 Å². The maximum absolute atomic E-state index is 5.11. The highest BCUT2D eigenvalue weighted by atomic mass is 16.5. The summed E-state index contributed by atoms with van der Waals surface area (Å²) in [4.78, 5) is 0. The predicted molar refractivity (Wildman–Crippen MR) is 49.4 cm³/mol. The third kappa shape index (κ3) is 0.981. The number of nitrogens with zero attached hydrogens (tertiary/aromatic N) is 7. The molecular weight excluding hydrogens is 198 g/mol. The van der Waals surface area contributed by atoms with Gasteiger partial charge < -0.3 is 4.74 Å². The number of aromatic nitrogens is 7. The molecule has 0 radical (unpaired) electrons. The van der Waals surface area contributed by atoms with Crippen molar-refractivity contribution in [3.63, 3.8) is 0 Å². The van der Waals surface area contributed by atoms with Gasteiger partial charge >= 0.3 is 0 Å². The van der Waals surface area contributed by atoms with Gasteiger partial charge in [0.25, 0.3) is 5.88 Å². The smallest absolute Gasteiger partial charge is 0.262 e. The van der Waals surface area contributed by atoms with Crippen LogP contribution in [0.3, 0.4) is 0 Å². The van der Waals surface area contributed by atoms with Crippen LogP contribution in [0.1, 0.15) is 0 Å². The maximum Gasteiger partial charge on any atom is 0.262 e. The van der Waals surface area contributed by atoms with Crippen LogP contribution in [0, 0.1) is 0 Å². The molecule has 0 spiro atoms. The van der Waals surface area contributed by atoms with Crippen LogP contribution in [0.2, 0.25) is 0 Å². The minimum atomic E-state index is 0.408. The Kier molecular flexibility index (Phi) is 1.42. The van der Waals surface area contributed by atoms with Crippen LogP contribution in [0.5, 0.6) is 5.88 Å². The molecule has 3 aromatic heterocycles. The summed E-state index contributed by atoms with van der Waals surface area (Å²) < 4.78 is 8.11. The van der Waals surface area contributed by atoms with Crippen LogP contribution >= 0.6 is 0 Å². The molecule has 0 bridgehead atoms. The number of hydrogen-bond donors (Lipinski definition) is 0. The van der Waals surface area contributed by atoms with Gasteiger partial charge in [-0.3, -0.25) is 4.68 Å². The van der Waals surface area contributed by atoms with Gasteiger partial charge in [-0.1, -0.05) is 0 Å². The van der Waals surface area contributed by atoms with Crippen molar-refractivity contribution in [1.82, 2.24) is 35.0 Å². The number of rotatable bonds is 1. The van der Waals surface area contributed by atoms with Gasteiger partial charge in [0, 0.05) is 13.2 Å². The van der Waals surface area contributed by atoms with Crippen molar-refractivity contribution in [3.05, 3.63) is 6.20 Å². The molecule has 3 heterocycles. The van der Waals surface area contributed by atoms with E-state index in [9.17, 15) is 0 Å². The summed E-state index contributed by atoms with van der Waals surface area (Å²) in [7, 11) is 3.35. The summed E-state index contributed by atoms with van der Waals surface area (Å²) in [5.41, 5.74) is 1.22. The third-order valence-corrected chi connectivity index (χ3v) is 2.10. The van der Waals surface area contributed by atoms with Gasteiger partial charge in [0.1, 0.15) is 0 Å². The Labute approximate surface area is 83.4 Å². The molecule has 8 heteroatoms. The lowest BCUT2D eigenvalue weighted by molar-refractivity contribution is 0.391. The Bertz CT molecular complexity index is 639. The van der Waals surface area contributed by atoms with Crippen LogP contribution in [0.4, 0.5) is 0 Å². The van der Waals surface area contributed by atoms with Gasteiger partial charge in [-0.25, -0.2) is 0 Å². The van der Waals surface area contributed by atoms with E-state index in [0.717, 1.165) is 5.39 Å². The largest absolute Gasteiger partial charge is 0.478 e. The zero-order chi connectivity index (χ0) is 10.4. The van der Waals surface area contributed by atoms with Crippen LogP contribution in [0.15, 0.2) is 6.20 Å². The minimum Gasteiger partial charge on any atom is -0.478 e. The zero-order valence-electron chi connectivity index (χ0n) is 8.12. The molecule has 0 fully saturated rings. The highest BCUT2D eigenvalue weighted by Crippen LogP contribution is 2.22. The number of fused-ring (bicyclic) bond motifs is 3. The summed E-state index contributed by atoms with van der Waals surface area (Å²) in [5, 5.41) is 20.2. The maximum atomic E-state index is 5.11. The van der Waals surface area contributed by atoms with E-state index in [4.69, 9.17) is 4.74 Å². The second-order valence-corrected chi connectivity index (χ2v) is 3.07. The zero-order valence-corrected chi connectivity index (χ0v) is 8.12. The first-order valence-corrected chi connectivity index (χ1v) is 4.25. The molecule has 0 N–H and O–H groups in total. The average molecular weight is 205 g/mol. The molecule has 15 heavy (non-hydrogen) atoms. The van der Waals surface area contributed by atoms with Crippen molar-refractivity contribution in [1.29, 1.82) is 0 Å². The predicted octanol–water partition coefficient (Wildman–Crippen LogP) is -0.585. The Morgan fingerprint density at radius 1 is 1.33 bits per heavy atom. The fourth-order valence-electron chi connectivity index (χ4n) is 1.49. The second-order valence-electron chi connectivity index (χ2n) is 3.07. The Morgan fingerprint density at radius 3 is 3.00 bits per heavy atom. The molecule has 0 aliphatic heterocycles. The molecule has 0 aliphatic carbocycles. The van der Waals surface area contributed by atoms with Crippen LogP contribution in [-0.2, 0) is 7.05 Å². The average Bonchev–Trinajstić information content (AvgIpc) is 2.80. The summed E-state index contributed by atoms with van der Waals surface area (Å²) in [5.74, 6) is 0.408. The quantitative estimate of drug-likeness (QED) is 0.528. The van der Waals surface area contributed by atoms with E-state index >= 15 is 0 Å². The molecule has 3 rings (SSSR count). The highest BCUT2D eigenvalue weighted by molar-refractivity contribution is 5.93. The van der Waals surface area contributed by atoms with E-state index in [1.54, 1.807) is 4.68 Å². The van der Waals surface area contributed by atoms with Crippen molar-refractivity contribution in [2.45, 2.75) is 0 Å². The highest BCUT2D eigenvalue weighted by Gasteiger charge is 2.14. The Hall–Kier alpha value is -2.25. The molecule has 0 amide bonds. The molecule has 0 aromatic carbocycles. The number of tetrazole rings is 1. The van der Waals surface area contributed by atoms with Crippen molar-refractivity contribution in [3.8, 4) is 5.88 Å². The van der Waals surface area contributed by atoms with Gasteiger partial charge in [-0.15, -0.1) is 14.8 Å². The first-order valence-electron chi connectivity index (χ1n) is 4.25. The number of hydrogen-bond acceptors (Lipinski definition) is 6. The molecule has 0 saturated heterocycles. The summed E-state index contributed by atoms with van der Waals surface area (Å²) in [6, 6.07) is 0. The van der Waals surface area contributed by atoms with Crippen molar-refractivity contribution >= 4 is 16.6 Å². The van der Waals surface area contributed by atoms with E-state index in [0.29, 0.717) is 17.0 Å². The fourth-order valence-corrected chi connectivity index (χ4v) is 1.49. The normalized spacial score (nSPS) is 11.3. The molecule has 0 saturated carbocycles. The third-order valence-electron chi connectivity index (χ3n) is 2.10. The van der Waals surface area contributed by atoms with Crippen molar-refractivity contribution in [2.75, 3.05) is 7.11 Å². The Morgan fingerprint density at radius 2 is 2.20 bits per heavy atom. The minimum absolute atomic E-state index is 0.408. The van der Waals surface area contributed by atoms with E-state index in [2.05, 4.69) is 25.7 Å². The fraction of sp³-hybridized carbons (Fsp3) is 0.286. The van der Waals surface area contributed by atoms with Gasteiger partial charge in [0.2, 0.25) is 5.65 Å². The van der Waals surface area contributed by atoms with E-state index in [1.165, 1.54) is 11.7 Å². The molecule has 3 aromatic rings. The van der Waals surface area contributed by atoms with Crippen LogP contribution in [-0.4, -0.2) is 42.1 Å². The van der Waals surface area contributed by atoms with Gasteiger partial charge in [0.05, 0.1) is 12.5 Å². The topological polar surface area (TPSA) is 83.0 Å². The lowest BCUT2D eigenvalue weighted by Gasteiger charge is -1.98.